The Morgan fingerprint density at radius 2 is 1.93 bits per heavy atom. The largest absolute Gasteiger partial charge is 0.374 e. The van der Waals surface area contributed by atoms with E-state index in [4.69, 9.17) is 0 Å². The molecule has 3 N–H and O–H groups in total. The van der Waals surface area contributed by atoms with Crippen molar-refractivity contribution in [3.63, 3.8) is 0 Å². The number of carbonyl (C=O) groups is 2. The Hall–Kier alpha value is -3.61. The molecule has 1 heterocycles. The number of hydrogen-bond donors (Lipinski definition) is 3. The summed E-state index contributed by atoms with van der Waals surface area (Å²) in [6, 6.07) is 17.1. The zero-order chi connectivity index (χ0) is 20.1. The van der Waals surface area contributed by atoms with Gasteiger partial charge in [0.1, 0.15) is 0 Å². The van der Waals surface area contributed by atoms with Crippen LogP contribution in [0.25, 0.3) is 5.69 Å². The molecule has 0 atom stereocenters. The number of nitrogens with one attached hydrogen (secondary N) is 3. The molecule has 7 nitrogen and oxygen atoms in total. The van der Waals surface area contributed by atoms with Gasteiger partial charge in [0.25, 0.3) is 0 Å². The summed E-state index contributed by atoms with van der Waals surface area (Å²) >= 11 is 0. The van der Waals surface area contributed by atoms with E-state index in [1.54, 1.807) is 10.9 Å². The predicted octanol–water partition coefficient (Wildman–Crippen LogP) is 2.95. The van der Waals surface area contributed by atoms with Crippen molar-refractivity contribution >= 4 is 23.2 Å². The summed E-state index contributed by atoms with van der Waals surface area (Å²) in [6.07, 6.45) is 5.51. The Balaban J connectivity index is 1.29. The molecule has 0 saturated heterocycles. The van der Waals surface area contributed by atoms with Crippen molar-refractivity contribution in [2.24, 2.45) is 5.92 Å². The molecular formula is C22H23N5O2. The van der Waals surface area contributed by atoms with Crippen LogP contribution in [0.3, 0.4) is 0 Å². The van der Waals surface area contributed by atoms with Crippen molar-refractivity contribution in [3.05, 3.63) is 72.6 Å². The van der Waals surface area contributed by atoms with E-state index < -0.39 is 0 Å². The minimum Gasteiger partial charge on any atom is -0.374 e. The maximum absolute atomic E-state index is 12.3. The summed E-state index contributed by atoms with van der Waals surface area (Å²) in [5, 5.41) is 13.2. The van der Waals surface area contributed by atoms with Gasteiger partial charge in [-0.1, -0.05) is 24.3 Å². The van der Waals surface area contributed by atoms with Gasteiger partial charge in [-0.3, -0.25) is 9.59 Å². The Morgan fingerprint density at radius 3 is 2.72 bits per heavy atom. The Kier molecular flexibility index (Phi) is 5.56. The van der Waals surface area contributed by atoms with Crippen molar-refractivity contribution in [1.82, 2.24) is 15.1 Å². The number of para-hydroxylation sites is 2. The van der Waals surface area contributed by atoms with Crippen LogP contribution in [0, 0.1) is 5.92 Å². The van der Waals surface area contributed by atoms with Crippen LogP contribution in [0.5, 0.6) is 0 Å². The smallest absolute Gasteiger partial charge is 0.239 e. The van der Waals surface area contributed by atoms with Crippen LogP contribution < -0.4 is 16.0 Å². The number of nitrogens with zero attached hydrogens (tertiary/aromatic N) is 2. The lowest BCUT2D eigenvalue weighted by atomic mass is 10.2. The molecule has 0 radical (unpaired) electrons. The van der Waals surface area contributed by atoms with Gasteiger partial charge in [0.15, 0.2) is 0 Å². The highest BCUT2D eigenvalue weighted by Crippen LogP contribution is 2.30. The first-order valence-corrected chi connectivity index (χ1v) is 9.68. The molecule has 0 aliphatic heterocycles. The summed E-state index contributed by atoms with van der Waals surface area (Å²) in [5.41, 5.74) is 3.41. The van der Waals surface area contributed by atoms with Crippen molar-refractivity contribution in [2.75, 3.05) is 17.2 Å². The van der Waals surface area contributed by atoms with E-state index in [-0.39, 0.29) is 24.3 Å². The molecule has 3 aromatic rings. The molecule has 1 fully saturated rings. The summed E-state index contributed by atoms with van der Waals surface area (Å²) in [5.74, 6) is 0.118. The molecule has 29 heavy (non-hydrogen) atoms. The standard InChI is InChI=1S/C22H23N5O2/c28-21(15-23-19-7-1-2-8-20(19)27-12-4-11-25-27)24-14-16-5-3-6-18(13-16)26-22(29)17-9-10-17/h1-8,11-13,17,23H,9-10,14-15H2,(H,24,28)(H,26,29). The van der Waals surface area contributed by atoms with Crippen molar-refractivity contribution < 1.29 is 9.59 Å². The van der Waals surface area contributed by atoms with Gasteiger partial charge in [0.05, 0.1) is 17.9 Å². The van der Waals surface area contributed by atoms with Crippen molar-refractivity contribution in [2.45, 2.75) is 19.4 Å². The number of carbonyl (C=O) groups excluding carboxylic acids is 2. The highest BCUT2D eigenvalue weighted by molar-refractivity contribution is 5.94. The molecule has 1 aliphatic rings. The Morgan fingerprint density at radius 1 is 1.07 bits per heavy atom. The maximum atomic E-state index is 12.3. The fourth-order valence-electron chi connectivity index (χ4n) is 3.02. The van der Waals surface area contributed by atoms with Gasteiger partial charge in [-0.15, -0.1) is 0 Å². The third-order valence-electron chi connectivity index (χ3n) is 4.73. The molecule has 0 unspecified atom stereocenters. The van der Waals surface area contributed by atoms with Crippen LogP contribution in [0.15, 0.2) is 67.0 Å². The maximum Gasteiger partial charge on any atom is 0.239 e. The summed E-state index contributed by atoms with van der Waals surface area (Å²) in [4.78, 5) is 24.2. The van der Waals surface area contributed by atoms with Crippen LogP contribution >= 0.6 is 0 Å². The second-order valence-corrected chi connectivity index (χ2v) is 7.06. The fourth-order valence-corrected chi connectivity index (χ4v) is 3.02. The first-order chi connectivity index (χ1) is 14.2. The normalized spacial score (nSPS) is 13.0. The lowest BCUT2D eigenvalue weighted by molar-refractivity contribution is -0.119. The minimum absolute atomic E-state index is 0.0752. The highest BCUT2D eigenvalue weighted by atomic mass is 16.2. The molecule has 7 heteroatoms. The zero-order valence-corrected chi connectivity index (χ0v) is 16.0. The lowest BCUT2D eigenvalue weighted by Gasteiger charge is -2.12. The van der Waals surface area contributed by atoms with Gasteiger partial charge in [0.2, 0.25) is 11.8 Å². The quantitative estimate of drug-likeness (QED) is 0.553. The SMILES string of the molecule is O=C(CNc1ccccc1-n1cccn1)NCc1cccc(NC(=O)C2CC2)c1. The molecular weight excluding hydrogens is 366 g/mol. The van der Waals surface area contributed by atoms with Gasteiger partial charge in [-0.25, -0.2) is 4.68 Å². The molecule has 0 bridgehead atoms. The second kappa shape index (κ2) is 8.60. The third-order valence-corrected chi connectivity index (χ3v) is 4.73. The zero-order valence-electron chi connectivity index (χ0n) is 16.0. The number of rotatable bonds is 8. The fraction of sp³-hybridized carbons (Fsp3) is 0.227. The summed E-state index contributed by atoms with van der Waals surface area (Å²) < 4.78 is 1.75. The van der Waals surface area contributed by atoms with E-state index in [1.165, 1.54) is 0 Å². The van der Waals surface area contributed by atoms with E-state index in [0.717, 1.165) is 35.5 Å². The van der Waals surface area contributed by atoms with Gasteiger partial charge < -0.3 is 16.0 Å². The van der Waals surface area contributed by atoms with Gasteiger partial charge in [-0.2, -0.15) is 5.10 Å². The minimum atomic E-state index is -0.118. The summed E-state index contributed by atoms with van der Waals surface area (Å²) in [7, 11) is 0. The van der Waals surface area contributed by atoms with E-state index in [1.807, 2.05) is 60.8 Å². The average Bonchev–Trinajstić information content (AvgIpc) is 3.46. The number of anilines is 2. The third kappa shape index (κ3) is 5.01. The molecule has 2 amide bonds. The highest BCUT2D eigenvalue weighted by Gasteiger charge is 2.29. The van der Waals surface area contributed by atoms with Crippen molar-refractivity contribution in [1.29, 1.82) is 0 Å². The van der Waals surface area contributed by atoms with Gasteiger partial charge >= 0.3 is 0 Å². The number of amides is 2. The first kappa shape index (κ1) is 18.7. The van der Waals surface area contributed by atoms with Crippen LogP contribution in [0.2, 0.25) is 0 Å². The predicted molar refractivity (Wildman–Crippen MR) is 112 cm³/mol. The van der Waals surface area contributed by atoms with E-state index in [2.05, 4.69) is 21.0 Å². The topological polar surface area (TPSA) is 88.1 Å². The van der Waals surface area contributed by atoms with Gasteiger partial charge in [0, 0.05) is 30.5 Å². The Labute approximate surface area is 169 Å². The monoisotopic (exact) mass is 389 g/mol. The second-order valence-electron chi connectivity index (χ2n) is 7.06. The molecule has 2 aromatic carbocycles. The van der Waals surface area contributed by atoms with E-state index in [9.17, 15) is 9.59 Å². The first-order valence-electron chi connectivity index (χ1n) is 9.68. The molecule has 0 spiro atoms. The molecule has 148 valence electrons. The molecule has 4 rings (SSSR count). The van der Waals surface area contributed by atoms with E-state index in [0.29, 0.717) is 6.54 Å². The molecule has 1 aliphatic carbocycles. The van der Waals surface area contributed by atoms with Gasteiger partial charge in [-0.05, 0) is 48.7 Å². The van der Waals surface area contributed by atoms with E-state index >= 15 is 0 Å². The van der Waals surface area contributed by atoms with Crippen LogP contribution in [0.1, 0.15) is 18.4 Å². The number of benzene rings is 2. The molecule has 1 aromatic heterocycles. The average molecular weight is 389 g/mol. The van der Waals surface area contributed by atoms with Crippen LogP contribution in [-0.2, 0) is 16.1 Å². The van der Waals surface area contributed by atoms with Crippen molar-refractivity contribution in [3.8, 4) is 5.69 Å². The lowest BCUT2D eigenvalue weighted by Crippen LogP contribution is -2.29. The number of aromatic nitrogens is 2. The molecule has 1 saturated carbocycles. The number of hydrogen-bond acceptors (Lipinski definition) is 4. The Bertz CT molecular complexity index is 996. The van der Waals surface area contributed by atoms with Crippen LogP contribution in [-0.4, -0.2) is 28.1 Å². The van der Waals surface area contributed by atoms with Crippen LogP contribution in [0.4, 0.5) is 11.4 Å². The summed E-state index contributed by atoms with van der Waals surface area (Å²) in [6.45, 7) is 0.546.